The molecule has 0 fully saturated rings. The largest absolute Gasteiger partial charge is 0.467 e. The summed E-state index contributed by atoms with van der Waals surface area (Å²) in [6.45, 7) is 9.64. The van der Waals surface area contributed by atoms with Gasteiger partial charge in [-0.2, -0.15) is 4.37 Å². The maximum atomic E-state index is 13.9. The Bertz CT molecular complexity index is 1180. The topological polar surface area (TPSA) is 145 Å². The summed E-state index contributed by atoms with van der Waals surface area (Å²) < 4.78 is 9.53. The number of hydrogen-bond acceptors (Lipinski definition) is 7. The Morgan fingerprint density at radius 1 is 1.12 bits per heavy atom. The van der Waals surface area contributed by atoms with Crippen LogP contribution in [0.2, 0.25) is 0 Å². The Hall–Kier alpha value is -3.66. The maximum absolute atomic E-state index is 13.9. The van der Waals surface area contributed by atoms with Crippen molar-refractivity contribution in [3.63, 3.8) is 0 Å². The van der Waals surface area contributed by atoms with Gasteiger partial charge in [0.15, 0.2) is 11.7 Å². The Morgan fingerprint density at radius 3 is 2.24 bits per heavy atom. The third-order valence-corrected chi connectivity index (χ3v) is 5.88. The van der Waals surface area contributed by atoms with Crippen molar-refractivity contribution in [3.8, 4) is 0 Å². The molecule has 2 aromatic heterocycles. The number of nitrogen functional groups attached to an aromatic ring is 1. The molecule has 0 bridgehead atoms. The van der Waals surface area contributed by atoms with E-state index in [-0.39, 0.29) is 27.9 Å². The van der Waals surface area contributed by atoms with E-state index in [0.717, 1.165) is 17.1 Å². The average molecular weight is 484 g/mol. The van der Waals surface area contributed by atoms with Gasteiger partial charge >= 0.3 is 0 Å². The van der Waals surface area contributed by atoms with Crippen LogP contribution in [0.25, 0.3) is 0 Å². The fourth-order valence-electron chi connectivity index (χ4n) is 3.40. The lowest BCUT2D eigenvalue weighted by molar-refractivity contribution is -0.124. The molecule has 2 heterocycles. The van der Waals surface area contributed by atoms with Crippen LogP contribution in [0.3, 0.4) is 0 Å². The molecule has 3 aromatic rings. The van der Waals surface area contributed by atoms with E-state index < -0.39 is 29.3 Å². The number of nitrogens with two attached hydrogens (primary N) is 2. The van der Waals surface area contributed by atoms with Crippen molar-refractivity contribution in [2.75, 3.05) is 10.6 Å². The molecule has 1 aromatic carbocycles. The Balaban J connectivity index is 2.19. The fraction of sp³-hybridized carbons (Fsp3) is 0.333. The van der Waals surface area contributed by atoms with Crippen LogP contribution in [0.5, 0.6) is 0 Å². The first-order chi connectivity index (χ1) is 15.9. The molecule has 180 valence electrons. The van der Waals surface area contributed by atoms with Gasteiger partial charge in [0.1, 0.15) is 10.6 Å². The highest BCUT2D eigenvalue weighted by Gasteiger charge is 2.38. The second-order valence-corrected chi connectivity index (χ2v) is 9.99. The molecular formula is C24H29N5O4S. The first-order valence-corrected chi connectivity index (χ1v) is 11.5. The number of anilines is 2. The van der Waals surface area contributed by atoms with E-state index in [1.807, 2.05) is 32.9 Å². The molecule has 0 radical (unpaired) electrons. The molecule has 0 saturated carbocycles. The smallest absolute Gasteiger partial charge is 0.273 e. The lowest BCUT2D eigenvalue weighted by atomic mass is 10.0. The minimum Gasteiger partial charge on any atom is -0.467 e. The van der Waals surface area contributed by atoms with Gasteiger partial charge in [-0.05, 0) is 68.1 Å². The van der Waals surface area contributed by atoms with Crippen molar-refractivity contribution < 1.29 is 18.8 Å². The molecule has 9 nitrogen and oxygen atoms in total. The van der Waals surface area contributed by atoms with Crippen LogP contribution in [0.4, 0.5) is 11.4 Å². The van der Waals surface area contributed by atoms with E-state index in [2.05, 4.69) is 23.5 Å². The molecule has 0 saturated heterocycles. The third-order valence-electron chi connectivity index (χ3n) is 5.03. The average Bonchev–Trinajstić information content (AvgIpc) is 3.40. The molecule has 5 N–H and O–H groups in total. The van der Waals surface area contributed by atoms with Crippen LogP contribution in [0, 0.1) is 0 Å². The van der Waals surface area contributed by atoms with Crippen LogP contribution in [-0.2, 0) is 4.79 Å². The van der Waals surface area contributed by atoms with Crippen LogP contribution in [0.1, 0.15) is 78.1 Å². The molecule has 34 heavy (non-hydrogen) atoms. The van der Waals surface area contributed by atoms with Crippen molar-refractivity contribution in [1.29, 1.82) is 0 Å². The van der Waals surface area contributed by atoms with Gasteiger partial charge in [0, 0.05) is 11.2 Å². The van der Waals surface area contributed by atoms with E-state index in [9.17, 15) is 14.4 Å². The number of primary amides is 1. The number of benzene rings is 1. The standard InChI is InChI=1S/C24H29N5O4S/c1-13(2)14-8-10-15(11-9-14)29(23(32)20-17(25)18(21(26)30)28-34-20)19(16-7-6-12-33-16)22(31)27-24(3,4)5/h6-13,19H,25H2,1-5H3,(H2,26,30)(H,27,31)/t19-/m0/s1. The van der Waals surface area contributed by atoms with E-state index in [1.165, 1.54) is 11.2 Å². The summed E-state index contributed by atoms with van der Waals surface area (Å²) >= 11 is 0.754. The van der Waals surface area contributed by atoms with Crippen molar-refractivity contribution in [2.24, 2.45) is 5.73 Å². The summed E-state index contributed by atoms with van der Waals surface area (Å²) in [7, 11) is 0. The van der Waals surface area contributed by atoms with E-state index >= 15 is 0 Å². The molecule has 0 aliphatic carbocycles. The number of carbonyl (C=O) groups is 3. The van der Waals surface area contributed by atoms with E-state index in [0.29, 0.717) is 5.69 Å². The monoisotopic (exact) mass is 483 g/mol. The van der Waals surface area contributed by atoms with Gasteiger partial charge in [-0.15, -0.1) is 0 Å². The predicted octanol–water partition coefficient (Wildman–Crippen LogP) is 3.84. The zero-order chi connectivity index (χ0) is 25.2. The van der Waals surface area contributed by atoms with E-state index in [4.69, 9.17) is 15.9 Å². The number of nitrogens with zero attached hydrogens (tertiary/aromatic N) is 2. The second-order valence-electron chi connectivity index (χ2n) is 9.22. The zero-order valence-electron chi connectivity index (χ0n) is 19.8. The van der Waals surface area contributed by atoms with E-state index in [1.54, 1.807) is 24.3 Å². The van der Waals surface area contributed by atoms with Gasteiger partial charge < -0.3 is 21.2 Å². The minimum absolute atomic E-state index is 0.00171. The Kier molecular flexibility index (Phi) is 7.11. The summed E-state index contributed by atoms with van der Waals surface area (Å²) in [4.78, 5) is 40.3. The zero-order valence-corrected chi connectivity index (χ0v) is 20.6. The molecule has 10 heteroatoms. The van der Waals surface area contributed by atoms with Gasteiger partial charge in [0.25, 0.3) is 17.7 Å². The summed E-state index contributed by atoms with van der Waals surface area (Å²) in [6.07, 6.45) is 1.43. The summed E-state index contributed by atoms with van der Waals surface area (Å²) in [6, 6.07) is 9.44. The number of rotatable bonds is 7. The quantitative estimate of drug-likeness (QED) is 0.465. The number of aromatic nitrogens is 1. The Labute approximate surface area is 202 Å². The van der Waals surface area contributed by atoms with Gasteiger partial charge in [-0.1, -0.05) is 26.0 Å². The first kappa shape index (κ1) is 25.0. The van der Waals surface area contributed by atoms with Crippen LogP contribution < -0.4 is 21.7 Å². The molecule has 0 unspecified atom stereocenters. The number of amides is 3. The SMILES string of the molecule is CC(C)c1ccc(N(C(=O)c2snc(C(N)=O)c2N)[C@H](C(=O)NC(C)(C)C)c2ccco2)cc1. The number of hydrogen-bond donors (Lipinski definition) is 3. The normalized spacial score (nSPS) is 12.4. The van der Waals surface area contributed by atoms with Gasteiger partial charge in [0.05, 0.1) is 12.0 Å². The summed E-state index contributed by atoms with van der Waals surface area (Å²) in [5.74, 6) is -1.35. The molecule has 0 spiro atoms. The fourth-order valence-corrected chi connectivity index (χ4v) is 4.14. The lowest BCUT2D eigenvalue weighted by Crippen LogP contribution is -2.49. The predicted molar refractivity (Wildman–Crippen MR) is 132 cm³/mol. The highest BCUT2D eigenvalue weighted by molar-refractivity contribution is 7.09. The van der Waals surface area contributed by atoms with Gasteiger partial charge in [-0.3, -0.25) is 19.3 Å². The van der Waals surface area contributed by atoms with Crippen LogP contribution in [0.15, 0.2) is 47.1 Å². The Morgan fingerprint density at radius 2 is 1.76 bits per heavy atom. The first-order valence-electron chi connectivity index (χ1n) is 10.7. The lowest BCUT2D eigenvalue weighted by Gasteiger charge is -2.32. The molecule has 1 atom stereocenters. The highest BCUT2D eigenvalue weighted by Crippen LogP contribution is 2.34. The maximum Gasteiger partial charge on any atom is 0.273 e. The molecule has 3 rings (SSSR count). The second kappa shape index (κ2) is 9.68. The molecular weight excluding hydrogens is 454 g/mol. The van der Waals surface area contributed by atoms with Crippen LogP contribution >= 0.6 is 11.5 Å². The van der Waals surface area contributed by atoms with Gasteiger partial charge in [-0.25, -0.2) is 0 Å². The summed E-state index contributed by atoms with van der Waals surface area (Å²) in [5, 5.41) is 2.92. The minimum atomic E-state index is -1.15. The summed E-state index contributed by atoms with van der Waals surface area (Å²) in [5.41, 5.74) is 12.0. The number of carbonyl (C=O) groups excluding carboxylic acids is 3. The molecule has 3 amide bonds. The number of furan rings is 1. The number of nitrogens with one attached hydrogen (secondary N) is 1. The molecule has 0 aliphatic heterocycles. The van der Waals surface area contributed by atoms with Crippen molar-refractivity contribution >= 4 is 40.6 Å². The molecule has 0 aliphatic rings. The van der Waals surface area contributed by atoms with Crippen molar-refractivity contribution in [3.05, 3.63) is 64.6 Å². The highest BCUT2D eigenvalue weighted by atomic mass is 32.1. The van der Waals surface area contributed by atoms with Crippen molar-refractivity contribution in [1.82, 2.24) is 9.69 Å². The van der Waals surface area contributed by atoms with Crippen LogP contribution in [-0.4, -0.2) is 27.6 Å². The third kappa shape index (κ3) is 5.28. The van der Waals surface area contributed by atoms with Gasteiger partial charge in [0.2, 0.25) is 0 Å². The van der Waals surface area contributed by atoms with Crippen molar-refractivity contribution in [2.45, 2.75) is 52.1 Å².